The topological polar surface area (TPSA) is 34.4 Å². The Morgan fingerprint density at radius 2 is 2.12 bits per heavy atom. The lowest BCUT2D eigenvalue weighted by atomic mass is 10.00. The predicted molar refractivity (Wildman–Crippen MR) is 67.9 cm³/mol. The number of pyridine rings is 1. The molecule has 1 aliphatic rings. The van der Waals surface area contributed by atoms with Crippen molar-refractivity contribution in [3.8, 4) is 0 Å². The summed E-state index contributed by atoms with van der Waals surface area (Å²) >= 11 is 6.90. The molecule has 0 aliphatic heterocycles. The second-order valence-electron chi connectivity index (χ2n) is 3.88. The Balaban J connectivity index is 2.42. The van der Waals surface area contributed by atoms with E-state index in [9.17, 15) is 4.79 Å². The number of rotatable bonds is 0. The van der Waals surface area contributed by atoms with Gasteiger partial charge in [0.05, 0.1) is 10.2 Å². The lowest BCUT2D eigenvalue weighted by Gasteiger charge is -2.09. The number of imidazole rings is 1. The van der Waals surface area contributed by atoms with E-state index in [0.717, 1.165) is 38.8 Å². The van der Waals surface area contributed by atoms with Crippen molar-refractivity contribution in [1.82, 2.24) is 9.38 Å². The molecule has 2 aromatic rings. The number of hydrogen-bond donors (Lipinski definition) is 0. The van der Waals surface area contributed by atoms with E-state index in [4.69, 9.17) is 0 Å². The van der Waals surface area contributed by atoms with Crippen LogP contribution < -0.4 is 0 Å². The zero-order valence-corrected chi connectivity index (χ0v) is 11.5. The van der Waals surface area contributed by atoms with Gasteiger partial charge < -0.3 is 0 Å². The maximum atomic E-state index is 11.9. The predicted octanol–water partition coefficient (Wildman–Crippen LogP) is 3.38. The van der Waals surface area contributed by atoms with Crippen LogP contribution in [0.5, 0.6) is 0 Å². The highest BCUT2D eigenvalue weighted by molar-refractivity contribution is 9.11. The quantitative estimate of drug-likeness (QED) is 0.734. The fourth-order valence-electron chi connectivity index (χ4n) is 2.12. The molecule has 16 heavy (non-hydrogen) atoms. The number of ketones is 1. The number of carbonyl (C=O) groups excluding carboxylic acids is 1. The van der Waals surface area contributed by atoms with E-state index < -0.39 is 0 Å². The van der Waals surface area contributed by atoms with Crippen molar-refractivity contribution < 1.29 is 4.79 Å². The van der Waals surface area contributed by atoms with Crippen LogP contribution in [0.15, 0.2) is 21.2 Å². The number of nitrogens with zero attached hydrogens (tertiary/aromatic N) is 2. The minimum atomic E-state index is 0.193. The minimum absolute atomic E-state index is 0.193. The van der Waals surface area contributed by atoms with Gasteiger partial charge in [0.2, 0.25) is 0 Å². The Morgan fingerprint density at radius 1 is 1.31 bits per heavy atom. The number of halogens is 2. The SMILES string of the molecule is O=C1CCCc2nc3c(Br)cc(Br)cn3c21. The van der Waals surface area contributed by atoms with Crippen LogP contribution in [0, 0.1) is 0 Å². The van der Waals surface area contributed by atoms with Gasteiger partial charge in [-0.2, -0.15) is 0 Å². The molecule has 2 heterocycles. The molecule has 5 heteroatoms. The first kappa shape index (κ1) is 10.5. The molecular weight excluding hydrogens is 336 g/mol. The molecule has 82 valence electrons. The first-order chi connectivity index (χ1) is 7.66. The first-order valence-corrected chi connectivity index (χ1v) is 6.64. The highest BCUT2D eigenvalue weighted by Crippen LogP contribution is 2.28. The van der Waals surface area contributed by atoms with E-state index in [1.807, 2.05) is 16.7 Å². The molecule has 0 bridgehead atoms. The molecule has 0 spiro atoms. The highest BCUT2D eigenvalue weighted by Gasteiger charge is 2.24. The number of aryl methyl sites for hydroxylation is 1. The van der Waals surface area contributed by atoms with Crippen molar-refractivity contribution in [3.63, 3.8) is 0 Å². The molecule has 0 fully saturated rings. The van der Waals surface area contributed by atoms with Crippen molar-refractivity contribution in [2.75, 3.05) is 0 Å². The second-order valence-corrected chi connectivity index (χ2v) is 5.65. The zero-order chi connectivity index (χ0) is 11.3. The summed E-state index contributed by atoms with van der Waals surface area (Å²) in [6, 6.07) is 1.94. The van der Waals surface area contributed by atoms with Gasteiger partial charge >= 0.3 is 0 Å². The van der Waals surface area contributed by atoms with Gasteiger partial charge in [-0.3, -0.25) is 9.20 Å². The van der Waals surface area contributed by atoms with Crippen molar-refractivity contribution >= 4 is 43.3 Å². The summed E-state index contributed by atoms with van der Waals surface area (Å²) in [6.07, 6.45) is 4.33. The summed E-state index contributed by atoms with van der Waals surface area (Å²) in [5.74, 6) is 0.193. The molecule has 1 aliphatic carbocycles. The van der Waals surface area contributed by atoms with E-state index in [1.165, 1.54) is 0 Å². The van der Waals surface area contributed by atoms with Crippen LogP contribution in [-0.2, 0) is 6.42 Å². The first-order valence-electron chi connectivity index (χ1n) is 5.06. The van der Waals surface area contributed by atoms with Crippen LogP contribution in [0.1, 0.15) is 29.0 Å². The minimum Gasteiger partial charge on any atom is -0.295 e. The summed E-state index contributed by atoms with van der Waals surface area (Å²) < 4.78 is 3.72. The Labute approximate surface area is 109 Å². The van der Waals surface area contributed by atoms with E-state index in [0.29, 0.717) is 6.42 Å². The number of fused-ring (bicyclic) bond motifs is 3. The molecule has 3 nitrogen and oxygen atoms in total. The van der Waals surface area contributed by atoms with E-state index in [2.05, 4.69) is 36.8 Å². The van der Waals surface area contributed by atoms with Gasteiger partial charge in [0.1, 0.15) is 5.69 Å². The van der Waals surface area contributed by atoms with Crippen LogP contribution in [0.25, 0.3) is 5.65 Å². The summed E-state index contributed by atoms with van der Waals surface area (Å²) in [7, 11) is 0. The Kier molecular flexibility index (Phi) is 2.40. The molecule has 0 saturated carbocycles. The highest BCUT2D eigenvalue weighted by atomic mass is 79.9. The molecule has 0 radical (unpaired) electrons. The fraction of sp³-hybridized carbons (Fsp3) is 0.273. The van der Waals surface area contributed by atoms with E-state index in [1.54, 1.807) is 0 Å². The van der Waals surface area contributed by atoms with Crippen molar-refractivity contribution in [3.05, 3.63) is 32.6 Å². The summed E-state index contributed by atoms with van der Waals surface area (Å²) in [6.45, 7) is 0. The van der Waals surface area contributed by atoms with Crippen LogP contribution in [0.2, 0.25) is 0 Å². The molecule has 3 rings (SSSR count). The van der Waals surface area contributed by atoms with Crippen LogP contribution >= 0.6 is 31.9 Å². The Morgan fingerprint density at radius 3 is 2.94 bits per heavy atom. The lowest BCUT2D eigenvalue weighted by Crippen LogP contribution is -2.12. The van der Waals surface area contributed by atoms with Crippen molar-refractivity contribution in [2.45, 2.75) is 19.3 Å². The third-order valence-electron chi connectivity index (χ3n) is 2.80. The van der Waals surface area contributed by atoms with Crippen LogP contribution in [-0.4, -0.2) is 15.2 Å². The van der Waals surface area contributed by atoms with E-state index >= 15 is 0 Å². The maximum Gasteiger partial charge on any atom is 0.181 e. The third kappa shape index (κ3) is 1.45. The van der Waals surface area contributed by atoms with Gasteiger partial charge in [-0.15, -0.1) is 0 Å². The normalized spacial score (nSPS) is 15.5. The summed E-state index contributed by atoms with van der Waals surface area (Å²) in [5, 5.41) is 0. The average Bonchev–Trinajstić information content (AvgIpc) is 2.58. The van der Waals surface area contributed by atoms with Crippen molar-refractivity contribution in [1.29, 1.82) is 0 Å². The lowest BCUT2D eigenvalue weighted by molar-refractivity contribution is 0.0966. The maximum absolute atomic E-state index is 11.9. The molecule has 0 amide bonds. The van der Waals surface area contributed by atoms with Gasteiger partial charge in [0.25, 0.3) is 0 Å². The number of carbonyl (C=O) groups is 1. The molecule has 0 aromatic carbocycles. The standard InChI is InChI=1S/C11H8Br2N2O/c12-6-4-7(13)11-14-8-2-1-3-9(16)10(8)15(11)5-6/h4-5H,1-3H2. The second kappa shape index (κ2) is 3.67. The third-order valence-corrected chi connectivity index (χ3v) is 3.81. The molecular formula is C11H8Br2N2O. The van der Waals surface area contributed by atoms with E-state index in [-0.39, 0.29) is 5.78 Å². The number of hydrogen-bond acceptors (Lipinski definition) is 2. The number of Topliss-reactive ketones (excluding diaryl/α,β-unsaturated/α-hetero) is 1. The number of aromatic nitrogens is 2. The van der Waals surface area contributed by atoms with Crippen molar-refractivity contribution in [2.24, 2.45) is 0 Å². The van der Waals surface area contributed by atoms with Crippen LogP contribution in [0.4, 0.5) is 0 Å². The summed E-state index contributed by atoms with van der Waals surface area (Å²) in [5.41, 5.74) is 2.50. The Bertz CT molecular complexity index is 604. The van der Waals surface area contributed by atoms with Gasteiger partial charge in [-0.25, -0.2) is 4.98 Å². The van der Waals surface area contributed by atoms with Gasteiger partial charge in [-0.1, -0.05) is 0 Å². The average molecular weight is 344 g/mol. The smallest absolute Gasteiger partial charge is 0.181 e. The summed E-state index contributed by atoms with van der Waals surface area (Å²) in [4.78, 5) is 16.4. The zero-order valence-electron chi connectivity index (χ0n) is 8.33. The molecule has 0 unspecified atom stereocenters. The van der Waals surface area contributed by atoms with Crippen LogP contribution in [0.3, 0.4) is 0 Å². The monoisotopic (exact) mass is 342 g/mol. The Hall–Kier alpha value is -0.680. The van der Waals surface area contributed by atoms with Gasteiger partial charge in [0.15, 0.2) is 11.4 Å². The largest absolute Gasteiger partial charge is 0.295 e. The molecule has 0 atom stereocenters. The molecule has 0 N–H and O–H groups in total. The molecule has 2 aromatic heterocycles. The molecule has 0 saturated heterocycles. The van der Waals surface area contributed by atoms with Gasteiger partial charge in [0, 0.05) is 17.1 Å². The fourth-order valence-corrected chi connectivity index (χ4v) is 3.39. The van der Waals surface area contributed by atoms with Gasteiger partial charge in [-0.05, 0) is 50.8 Å².